The summed E-state index contributed by atoms with van der Waals surface area (Å²) in [7, 11) is -4.87. The van der Waals surface area contributed by atoms with Gasteiger partial charge in [0.15, 0.2) is 8.32 Å². The number of rotatable bonds is 8. The van der Waals surface area contributed by atoms with Gasteiger partial charge in [-0.1, -0.05) is 33.3 Å². The minimum atomic E-state index is -3.89. The summed E-state index contributed by atoms with van der Waals surface area (Å²) in [5, 5.41) is 0.675. The third-order valence-electron chi connectivity index (χ3n) is 4.01. The van der Waals surface area contributed by atoms with Gasteiger partial charge in [0, 0.05) is 5.41 Å². The summed E-state index contributed by atoms with van der Waals surface area (Å²) in [4.78, 5) is 12.1. The lowest BCUT2D eigenvalue weighted by atomic mass is 10.2. The third kappa shape index (κ3) is 5.77. The Bertz CT molecular complexity index is 572. The zero-order valence-electron chi connectivity index (χ0n) is 14.8. The summed E-state index contributed by atoms with van der Waals surface area (Å²) in [5.74, 6) is 1.52. The van der Waals surface area contributed by atoms with Crippen LogP contribution in [0.5, 0.6) is 0 Å². The highest BCUT2D eigenvalue weighted by molar-refractivity contribution is 7.92. The van der Waals surface area contributed by atoms with Gasteiger partial charge in [-0.25, -0.2) is 8.42 Å². The number of esters is 1. The van der Waals surface area contributed by atoms with Crippen molar-refractivity contribution in [2.45, 2.75) is 44.9 Å². The average molecular weight is 362 g/mol. The average Bonchev–Trinajstić information content (AvgIpc) is 2.44. The zero-order valence-corrected chi connectivity index (χ0v) is 16.6. The Hall–Kier alpha value is -1.14. The first-order valence-electron chi connectivity index (χ1n) is 7.13. The van der Waals surface area contributed by atoms with Crippen molar-refractivity contribution in [3.63, 3.8) is 0 Å². The molecule has 6 nitrogen and oxygen atoms in total. The Balaban J connectivity index is 5.58. The highest BCUT2D eigenvalue weighted by Crippen LogP contribution is 2.36. The SMILES string of the molecule is C#CCN(C(CO[Si](C)(C)C(C)(C)C)C(=O)OC)S(=O)(=O)C=C. The van der Waals surface area contributed by atoms with Crippen LogP contribution >= 0.6 is 0 Å². The van der Waals surface area contributed by atoms with E-state index in [1.807, 2.05) is 33.9 Å². The molecule has 0 spiro atoms. The fourth-order valence-electron chi connectivity index (χ4n) is 1.47. The molecule has 0 heterocycles. The number of nitrogens with zero attached hydrogens (tertiary/aromatic N) is 1. The molecule has 0 aromatic heterocycles. The van der Waals surface area contributed by atoms with Crippen molar-refractivity contribution in [3.05, 3.63) is 12.0 Å². The molecule has 0 aliphatic rings. The Morgan fingerprint density at radius 3 is 2.30 bits per heavy atom. The quantitative estimate of drug-likeness (QED) is 0.375. The van der Waals surface area contributed by atoms with Gasteiger partial charge in [-0.3, -0.25) is 4.79 Å². The molecule has 1 unspecified atom stereocenters. The minimum absolute atomic E-state index is 0.0814. The van der Waals surface area contributed by atoms with Crippen LogP contribution in [0.1, 0.15) is 20.8 Å². The summed E-state index contributed by atoms with van der Waals surface area (Å²) in [5.41, 5.74) is 0. The number of carbonyl (C=O) groups excluding carboxylic acids is 1. The summed E-state index contributed by atoms with van der Waals surface area (Å²) >= 11 is 0. The monoisotopic (exact) mass is 361 g/mol. The molecule has 0 aromatic carbocycles. The van der Waals surface area contributed by atoms with E-state index in [2.05, 4.69) is 12.5 Å². The Morgan fingerprint density at radius 2 is 1.96 bits per heavy atom. The first-order chi connectivity index (χ1) is 10.3. The molecule has 0 N–H and O–H groups in total. The van der Waals surface area contributed by atoms with Crippen LogP contribution in [0, 0.1) is 12.3 Å². The van der Waals surface area contributed by atoms with Crippen molar-refractivity contribution in [2.75, 3.05) is 20.3 Å². The fraction of sp³-hybridized carbons (Fsp3) is 0.667. The first-order valence-corrected chi connectivity index (χ1v) is 11.5. The van der Waals surface area contributed by atoms with Gasteiger partial charge in [-0.05, 0) is 18.1 Å². The van der Waals surface area contributed by atoms with Crippen LogP contribution < -0.4 is 0 Å². The van der Waals surface area contributed by atoms with Crippen LogP contribution in [-0.4, -0.2) is 53.3 Å². The summed E-state index contributed by atoms with van der Waals surface area (Å²) in [6.07, 6.45) is 5.24. The summed E-state index contributed by atoms with van der Waals surface area (Å²) in [6, 6.07) is -1.15. The standard InChI is InChI=1S/C15H27NO5SSi/c1-9-11-16(22(18,19)10-2)13(14(17)20-6)12-21-23(7,8)15(3,4)5/h1,10,13H,2,11-12H2,3-8H3. The molecule has 0 bridgehead atoms. The molecule has 0 aromatic rings. The van der Waals surface area contributed by atoms with Gasteiger partial charge in [0.25, 0.3) is 0 Å². The second-order valence-electron chi connectivity index (χ2n) is 6.57. The number of terminal acetylenes is 1. The Kier molecular flexibility index (Phi) is 7.70. The maximum atomic E-state index is 12.1. The van der Waals surface area contributed by atoms with Crippen LogP contribution in [0.15, 0.2) is 12.0 Å². The molecular weight excluding hydrogens is 334 g/mol. The maximum absolute atomic E-state index is 12.1. The van der Waals surface area contributed by atoms with E-state index < -0.39 is 30.4 Å². The van der Waals surface area contributed by atoms with E-state index in [9.17, 15) is 13.2 Å². The van der Waals surface area contributed by atoms with Crippen LogP contribution in [0.4, 0.5) is 0 Å². The van der Waals surface area contributed by atoms with Crippen LogP contribution in [0.2, 0.25) is 18.1 Å². The molecule has 0 fully saturated rings. The molecule has 0 aliphatic heterocycles. The number of sulfonamides is 1. The predicted octanol–water partition coefficient (Wildman–Crippen LogP) is 1.96. The fourth-order valence-corrected chi connectivity index (χ4v) is 3.43. The van der Waals surface area contributed by atoms with Crippen LogP contribution in [-0.2, 0) is 24.0 Å². The highest BCUT2D eigenvalue weighted by Gasteiger charge is 2.41. The number of methoxy groups -OCH3 is 1. The van der Waals surface area contributed by atoms with Crippen molar-refractivity contribution >= 4 is 24.3 Å². The van der Waals surface area contributed by atoms with Crippen LogP contribution in [0.3, 0.4) is 0 Å². The lowest BCUT2D eigenvalue weighted by Gasteiger charge is -2.38. The molecule has 132 valence electrons. The summed E-state index contributed by atoms with van der Waals surface area (Å²) in [6.45, 7) is 13.0. The van der Waals surface area contributed by atoms with Gasteiger partial charge in [0.2, 0.25) is 10.0 Å². The molecule has 0 saturated heterocycles. The predicted molar refractivity (Wildman–Crippen MR) is 93.6 cm³/mol. The molecule has 0 rings (SSSR count). The maximum Gasteiger partial charge on any atom is 0.326 e. The van der Waals surface area contributed by atoms with Crippen molar-refractivity contribution in [1.82, 2.24) is 4.31 Å². The second-order valence-corrected chi connectivity index (χ2v) is 13.2. The molecule has 23 heavy (non-hydrogen) atoms. The Labute approximate surface area is 141 Å². The van der Waals surface area contributed by atoms with E-state index in [0.29, 0.717) is 0 Å². The van der Waals surface area contributed by atoms with Gasteiger partial charge in [-0.15, -0.1) is 6.42 Å². The van der Waals surface area contributed by atoms with E-state index in [-0.39, 0.29) is 18.2 Å². The number of hydrogen-bond donors (Lipinski definition) is 0. The van der Waals surface area contributed by atoms with E-state index >= 15 is 0 Å². The van der Waals surface area contributed by atoms with E-state index in [1.54, 1.807) is 0 Å². The second kappa shape index (κ2) is 8.10. The van der Waals surface area contributed by atoms with Gasteiger partial charge >= 0.3 is 5.97 Å². The van der Waals surface area contributed by atoms with Crippen molar-refractivity contribution < 1.29 is 22.4 Å². The Morgan fingerprint density at radius 1 is 1.43 bits per heavy atom. The minimum Gasteiger partial charge on any atom is -0.468 e. The van der Waals surface area contributed by atoms with Crippen molar-refractivity contribution in [3.8, 4) is 12.3 Å². The lowest BCUT2D eigenvalue weighted by Crippen LogP contribution is -2.51. The topological polar surface area (TPSA) is 72.9 Å². The smallest absolute Gasteiger partial charge is 0.326 e. The molecule has 0 saturated carbocycles. The van der Waals surface area contributed by atoms with Gasteiger partial charge in [0.05, 0.1) is 20.3 Å². The van der Waals surface area contributed by atoms with E-state index in [0.717, 1.165) is 9.71 Å². The third-order valence-corrected chi connectivity index (χ3v) is 9.97. The lowest BCUT2D eigenvalue weighted by molar-refractivity contribution is -0.146. The van der Waals surface area contributed by atoms with Crippen LogP contribution in [0.25, 0.3) is 0 Å². The number of carbonyl (C=O) groups is 1. The molecular formula is C15H27NO5SSi. The van der Waals surface area contributed by atoms with Crippen molar-refractivity contribution in [1.29, 1.82) is 0 Å². The van der Waals surface area contributed by atoms with E-state index in [1.165, 1.54) is 7.11 Å². The van der Waals surface area contributed by atoms with E-state index in [4.69, 9.17) is 15.6 Å². The number of ether oxygens (including phenoxy) is 1. The van der Waals surface area contributed by atoms with Gasteiger partial charge in [-0.2, -0.15) is 4.31 Å². The highest BCUT2D eigenvalue weighted by atomic mass is 32.2. The normalized spacial score (nSPS) is 14.2. The first kappa shape index (κ1) is 21.9. The van der Waals surface area contributed by atoms with Crippen molar-refractivity contribution in [2.24, 2.45) is 0 Å². The van der Waals surface area contributed by atoms with Gasteiger partial charge < -0.3 is 9.16 Å². The zero-order chi connectivity index (χ0) is 18.5. The molecule has 0 radical (unpaired) electrons. The molecule has 0 amide bonds. The molecule has 0 aliphatic carbocycles. The summed E-state index contributed by atoms with van der Waals surface area (Å²) < 4.78 is 35.8. The largest absolute Gasteiger partial charge is 0.468 e. The number of hydrogen-bond acceptors (Lipinski definition) is 5. The molecule has 8 heteroatoms. The molecule has 1 atom stereocenters. The van der Waals surface area contributed by atoms with Gasteiger partial charge in [0.1, 0.15) is 6.04 Å².